The van der Waals surface area contributed by atoms with Crippen molar-refractivity contribution in [2.75, 3.05) is 5.32 Å². The number of hydrogen-bond donors (Lipinski definition) is 1. The molecule has 0 spiro atoms. The maximum Gasteiger partial charge on any atom is 0.258 e. The van der Waals surface area contributed by atoms with Gasteiger partial charge in [0.1, 0.15) is 5.82 Å². The maximum absolute atomic E-state index is 13.1. The molecule has 3 rings (SSSR count). The summed E-state index contributed by atoms with van der Waals surface area (Å²) in [6, 6.07) is 11.0. The third kappa shape index (κ3) is 3.69. The summed E-state index contributed by atoms with van der Waals surface area (Å²) in [5.41, 5.74) is 1.44. The van der Waals surface area contributed by atoms with Crippen molar-refractivity contribution in [3.05, 3.63) is 76.3 Å². The van der Waals surface area contributed by atoms with Gasteiger partial charge in [0.25, 0.3) is 5.91 Å². The van der Waals surface area contributed by atoms with Crippen molar-refractivity contribution in [2.45, 2.75) is 0 Å². The molecule has 1 heterocycles. The Kier molecular flexibility index (Phi) is 4.74. The molecule has 0 bridgehead atoms. The van der Waals surface area contributed by atoms with Crippen molar-refractivity contribution in [3.63, 3.8) is 0 Å². The molecule has 2 aromatic carbocycles. The predicted molar refractivity (Wildman–Crippen MR) is 91.8 cm³/mol. The molecule has 4 nitrogen and oxygen atoms in total. The molecule has 0 saturated heterocycles. The highest BCUT2D eigenvalue weighted by Gasteiger charge is 2.10. The summed E-state index contributed by atoms with van der Waals surface area (Å²) in [4.78, 5) is 20.5. The molecule has 7 heteroatoms. The largest absolute Gasteiger partial charge is 0.322 e. The van der Waals surface area contributed by atoms with Gasteiger partial charge in [-0.25, -0.2) is 14.4 Å². The molecule has 0 aliphatic rings. The summed E-state index contributed by atoms with van der Waals surface area (Å²) in [6.45, 7) is 0. The van der Waals surface area contributed by atoms with Gasteiger partial charge in [0.2, 0.25) is 0 Å². The smallest absolute Gasteiger partial charge is 0.258 e. The molecule has 0 aliphatic carbocycles. The van der Waals surface area contributed by atoms with E-state index in [1.54, 1.807) is 24.3 Å². The van der Waals surface area contributed by atoms with E-state index in [0.29, 0.717) is 16.5 Å². The highest BCUT2D eigenvalue weighted by atomic mass is 35.5. The molecule has 1 aromatic heterocycles. The van der Waals surface area contributed by atoms with Gasteiger partial charge < -0.3 is 5.32 Å². The van der Waals surface area contributed by atoms with Gasteiger partial charge in [-0.1, -0.05) is 23.2 Å². The zero-order valence-corrected chi connectivity index (χ0v) is 13.6. The van der Waals surface area contributed by atoms with Crippen LogP contribution in [0, 0.1) is 5.82 Å². The van der Waals surface area contributed by atoms with Gasteiger partial charge in [-0.3, -0.25) is 4.79 Å². The number of carbonyl (C=O) groups excluding carboxylic acids is 1. The number of amides is 1. The van der Waals surface area contributed by atoms with Crippen LogP contribution in [0.25, 0.3) is 11.4 Å². The highest BCUT2D eigenvalue weighted by molar-refractivity contribution is 6.31. The predicted octanol–water partition coefficient (Wildman–Crippen LogP) is 4.84. The van der Waals surface area contributed by atoms with Crippen LogP contribution in [0.5, 0.6) is 0 Å². The van der Waals surface area contributed by atoms with Crippen LogP contribution in [-0.2, 0) is 0 Å². The lowest BCUT2D eigenvalue weighted by molar-refractivity contribution is 0.102. The molecule has 0 atom stereocenters. The topological polar surface area (TPSA) is 54.9 Å². The summed E-state index contributed by atoms with van der Waals surface area (Å²) in [7, 11) is 0. The van der Waals surface area contributed by atoms with Gasteiger partial charge >= 0.3 is 0 Å². The Hall–Kier alpha value is -2.50. The lowest BCUT2D eigenvalue weighted by atomic mass is 10.2. The Morgan fingerprint density at radius 1 is 1.00 bits per heavy atom. The Balaban J connectivity index is 1.76. The first-order valence-electron chi connectivity index (χ1n) is 6.87. The summed E-state index contributed by atoms with van der Waals surface area (Å²) < 4.78 is 13.1. The van der Waals surface area contributed by atoms with E-state index < -0.39 is 11.7 Å². The monoisotopic (exact) mass is 361 g/mol. The minimum absolute atomic E-state index is 0.0675. The van der Waals surface area contributed by atoms with Gasteiger partial charge in [0.15, 0.2) is 5.82 Å². The van der Waals surface area contributed by atoms with E-state index in [2.05, 4.69) is 15.3 Å². The molecule has 0 radical (unpaired) electrons. The van der Waals surface area contributed by atoms with Crippen LogP contribution in [0.15, 0.2) is 54.9 Å². The standard InChI is InChI=1S/C17H10Cl2FN3O/c18-12-3-1-10(2-4-12)16-21-8-11(9-22-16)17(24)23-13-5-6-15(20)14(19)7-13/h1-9H,(H,23,24). The van der Waals surface area contributed by atoms with Crippen molar-refractivity contribution in [1.82, 2.24) is 9.97 Å². The van der Waals surface area contributed by atoms with E-state index in [4.69, 9.17) is 23.2 Å². The normalized spacial score (nSPS) is 10.5. The van der Waals surface area contributed by atoms with Crippen LogP contribution in [0.3, 0.4) is 0 Å². The number of anilines is 1. The Morgan fingerprint density at radius 3 is 2.29 bits per heavy atom. The fourth-order valence-electron chi connectivity index (χ4n) is 1.97. The number of hydrogen-bond acceptors (Lipinski definition) is 3. The van der Waals surface area contributed by atoms with Gasteiger partial charge in [-0.05, 0) is 42.5 Å². The summed E-state index contributed by atoms with van der Waals surface area (Å²) in [5, 5.41) is 3.16. The van der Waals surface area contributed by atoms with Crippen molar-refractivity contribution >= 4 is 34.8 Å². The fourth-order valence-corrected chi connectivity index (χ4v) is 2.28. The van der Waals surface area contributed by atoms with Crippen LogP contribution in [0.1, 0.15) is 10.4 Å². The Bertz CT molecular complexity index is 883. The molecule has 24 heavy (non-hydrogen) atoms. The minimum Gasteiger partial charge on any atom is -0.322 e. The molecular formula is C17H10Cl2FN3O. The number of aromatic nitrogens is 2. The number of carbonyl (C=O) groups is 1. The van der Waals surface area contributed by atoms with E-state index in [9.17, 15) is 9.18 Å². The number of nitrogens with zero attached hydrogens (tertiary/aromatic N) is 2. The molecule has 1 amide bonds. The van der Waals surface area contributed by atoms with Crippen molar-refractivity contribution in [2.24, 2.45) is 0 Å². The van der Waals surface area contributed by atoms with E-state index in [1.807, 2.05) is 0 Å². The van der Waals surface area contributed by atoms with E-state index >= 15 is 0 Å². The second-order valence-corrected chi connectivity index (χ2v) is 5.73. The van der Waals surface area contributed by atoms with Crippen LogP contribution >= 0.6 is 23.2 Å². The molecule has 0 unspecified atom stereocenters. The first-order valence-corrected chi connectivity index (χ1v) is 7.63. The third-order valence-electron chi connectivity index (χ3n) is 3.19. The Morgan fingerprint density at radius 2 is 1.67 bits per heavy atom. The first kappa shape index (κ1) is 16.4. The number of rotatable bonds is 3. The van der Waals surface area contributed by atoms with Crippen molar-refractivity contribution < 1.29 is 9.18 Å². The lowest BCUT2D eigenvalue weighted by Crippen LogP contribution is -2.12. The zero-order valence-electron chi connectivity index (χ0n) is 12.1. The number of benzene rings is 2. The van der Waals surface area contributed by atoms with E-state index in [-0.39, 0.29) is 10.6 Å². The molecular weight excluding hydrogens is 352 g/mol. The minimum atomic E-state index is -0.551. The second-order valence-electron chi connectivity index (χ2n) is 4.89. The SMILES string of the molecule is O=C(Nc1ccc(F)c(Cl)c1)c1cnc(-c2ccc(Cl)cc2)nc1. The molecule has 1 N–H and O–H groups in total. The van der Waals surface area contributed by atoms with Crippen LogP contribution in [-0.4, -0.2) is 15.9 Å². The quantitative estimate of drug-likeness (QED) is 0.725. The van der Waals surface area contributed by atoms with Crippen LogP contribution in [0.2, 0.25) is 10.0 Å². The van der Waals surface area contributed by atoms with Gasteiger partial charge in [-0.15, -0.1) is 0 Å². The molecule has 120 valence electrons. The Labute approximate surface area is 147 Å². The van der Waals surface area contributed by atoms with Gasteiger partial charge in [-0.2, -0.15) is 0 Å². The number of halogens is 3. The second kappa shape index (κ2) is 6.95. The van der Waals surface area contributed by atoms with Crippen molar-refractivity contribution in [3.8, 4) is 11.4 Å². The lowest BCUT2D eigenvalue weighted by Gasteiger charge is -2.06. The van der Waals surface area contributed by atoms with Gasteiger partial charge in [0.05, 0.1) is 10.6 Å². The number of nitrogens with one attached hydrogen (secondary N) is 1. The summed E-state index contributed by atoms with van der Waals surface area (Å²) in [5.74, 6) is -0.487. The molecule has 0 fully saturated rings. The third-order valence-corrected chi connectivity index (χ3v) is 3.74. The average Bonchev–Trinajstić information content (AvgIpc) is 2.59. The molecule has 0 saturated carbocycles. The van der Waals surface area contributed by atoms with Gasteiger partial charge in [0, 0.05) is 28.7 Å². The molecule has 0 aliphatic heterocycles. The average molecular weight is 362 g/mol. The van der Waals surface area contributed by atoms with E-state index in [0.717, 1.165) is 5.56 Å². The van der Waals surface area contributed by atoms with Crippen LogP contribution < -0.4 is 5.32 Å². The maximum atomic E-state index is 13.1. The van der Waals surface area contributed by atoms with Crippen LogP contribution in [0.4, 0.5) is 10.1 Å². The zero-order chi connectivity index (χ0) is 17.1. The van der Waals surface area contributed by atoms with E-state index in [1.165, 1.54) is 30.6 Å². The van der Waals surface area contributed by atoms with Crippen molar-refractivity contribution in [1.29, 1.82) is 0 Å². The fraction of sp³-hybridized carbons (Fsp3) is 0. The first-order chi connectivity index (χ1) is 11.5. The summed E-state index contributed by atoms with van der Waals surface area (Å²) >= 11 is 11.5. The summed E-state index contributed by atoms with van der Waals surface area (Å²) in [6.07, 6.45) is 2.83. The molecule has 3 aromatic rings. The highest BCUT2D eigenvalue weighted by Crippen LogP contribution is 2.20.